The van der Waals surface area contributed by atoms with E-state index in [4.69, 9.17) is 5.21 Å². The number of hydrogen-bond donors (Lipinski definition) is 5. The summed E-state index contributed by atoms with van der Waals surface area (Å²) in [5, 5.41) is 17.2. The topological polar surface area (TPSA) is 145 Å². The summed E-state index contributed by atoms with van der Waals surface area (Å²) < 4.78 is 0. The first-order valence-electron chi connectivity index (χ1n) is 11.8. The van der Waals surface area contributed by atoms with Crippen molar-refractivity contribution in [2.45, 2.75) is 12.5 Å². The predicted molar refractivity (Wildman–Crippen MR) is 144 cm³/mol. The summed E-state index contributed by atoms with van der Waals surface area (Å²) in [6.45, 7) is 4.11. The van der Waals surface area contributed by atoms with Crippen molar-refractivity contribution in [3.05, 3.63) is 95.3 Å². The quantitative estimate of drug-likeness (QED) is 0.0867. The molecule has 0 bridgehead atoms. The minimum Gasteiger partial charge on any atom is -0.338 e. The Morgan fingerprint density at radius 1 is 0.947 bits per heavy atom. The van der Waals surface area contributed by atoms with E-state index in [2.05, 4.69) is 44.5 Å². The molecule has 0 aliphatic carbocycles. The normalized spacial score (nSPS) is 10.9. The number of nitrogens with one attached hydrogen (secondary N) is 4. The fourth-order valence-electron chi connectivity index (χ4n) is 3.32. The number of nitrogens with zero attached hydrogens (tertiary/aromatic N) is 2. The monoisotopic (exact) mass is 512 g/mol. The lowest BCUT2D eigenvalue weighted by Gasteiger charge is -2.14. The molecule has 0 unspecified atom stereocenters. The molecule has 1 heterocycles. The largest absolute Gasteiger partial charge is 0.338 e. The van der Waals surface area contributed by atoms with Crippen LogP contribution in [0.15, 0.2) is 78.0 Å². The Kier molecular flexibility index (Phi) is 10.7. The molecule has 10 heteroatoms. The zero-order chi connectivity index (χ0) is 27.2. The van der Waals surface area contributed by atoms with E-state index in [0.717, 1.165) is 17.5 Å². The van der Waals surface area contributed by atoms with Crippen LogP contribution in [0.4, 0.5) is 5.69 Å². The van der Waals surface area contributed by atoms with E-state index in [1.165, 1.54) is 5.48 Å². The molecule has 3 rings (SSSR count). The van der Waals surface area contributed by atoms with Crippen LogP contribution in [0.25, 0.3) is 0 Å². The third-order valence-corrected chi connectivity index (χ3v) is 5.34. The highest BCUT2D eigenvalue weighted by Crippen LogP contribution is 2.09. The summed E-state index contributed by atoms with van der Waals surface area (Å²) in [5.74, 6) is 4.64. The van der Waals surface area contributed by atoms with E-state index >= 15 is 0 Å². The Hall–Kier alpha value is -4.85. The van der Waals surface area contributed by atoms with Crippen LogP contribution >= 0.6 is 0 Å². The molecule has 10 nitrogen and oxygen atoms in total. The van der Waals surface area contributed by atoms with Gasteiger partial charge < -0.3 is 16.0 Å². The zero-order valence-corrected chi connectivity index (χ0v) is 20.6. The van der Waals surface area contributed by atoms with Gasteiger partial charge in [-0.25, -0.2) is 5.48 Å². The molecule has 0 saturated carbocycles. The first-order chi connectivity index (χ1) is 18.5. The molecule has 0 aliphatic rings. The second-order valence-electron chi connectivity index (χ2n) is 8.14. The number of pyridine rings is 1. The summed E-state index contributed by atoms with van der Waals surface area (Å²) in [7, 11) is 0. The average Bonchev–Trinajstić information content (AvgIpc) is 2.95. The molecule has 2 aromatic carbocycles. The number of aliphatic imine (C=N–C) groups is 1. The smallest absolute Gasteiger partial charge is 0.267 e. The van der Waals surface area contributed by atoms with E-state index in [0.29, 0.717) is 23.4 Å². The van der Waals surface area contributed by atoms with Crippen LogP contribution in [0.5, 0.6) is 0 Å². The minimum atomic E-state index is -1.04. The predicted octanol–water partition coefficient (Wildman–Crippen LogP) is 1.56. The maximum Gasteiger partial charge on any atom is 0.267 e. The third kappa shape index (κ3) is 8.98. The number of aromatic nitrogens is 1. The minimum absolute atomic E-state index is 0.0753. The number of amides is 3. The second-order valence-corrected chi connectivity index (χ2v) is 8.14. The molecule has 3 aromatic rings. The molecule has 3 amide bonds. The number of carbonyl (C=O) groups excluding carboxylic acids is 3. The second kappa shape index (κ2) is 14.6. The van der Waals surface area contributed by atoms with Gasteiger partial charge in [-0.1, -0.05) is 11.8 Å². The number of benzene rings is 2. The Labute approximate surface area is 220 Å². The average molecular weight is 513 g/mol. The van der Waals surface area contributed by atoms with Crippen molar-refractivity contribution in [3.63, 3.8) is 0 Å². The Morgan fingerprint density at radius 2 is 1.58 bits per heavy atom. The van der Waals surface area contributed by atoms with Crippen molar-refractivity contribution in [1.29, 1.82) is 0 Å². The van der Waals surface area contributed by atoms with Gasteiger partial charge in [0.2, 0.25) is 5.91 Å². The maximum absolute atomic E-state index is 12.4. The van der Waals surface area contributed by atoms with Crippen molar-refractivity contribution in [1.82, 2.24) is 21.1 Å². The number of carbonyl (C=O) groups is 3. The number of anilines is 1. The first-order valence-corrected chi connectivity index (χ1v) is 11.8. The molecular formula is C28H28N6O4. The van der Waals surface area contributed by atoms with Crippen LogP contribution in [0.3, 0.4) is 0 Å². The molecule has 0 fully saturated rings. The van der Waals surface area contributed by atoms with Gasteiger partial charge in [0.05, 0.1) is 13.1 Å². The van der Waals surface area contributed by atoms with Gasteiger partial charge in [-0.05, 0) is 85.9 Å². The summed E-state index contributed by atoms with van der Waals surface area (Å²) in [6, 6.07) is 16.6. The first kappa shape index (κ1) is 27.7. The van der Waals surface area contributed by atoms with Crippen LogP contribution in [0.2, 0.25) is 0 Å². The highest BCUT2D eigenvalue weighted by molar-refractivity contribution is 5.97. The highest BCUT2D eigenvalue weighted by atomic mass is 16.5. The molecular weight excluding hydrogens is 484 g/mol. The van der Waals surface area contributed by atoms with Gasteiger partial charge in [-0.2, -0.15) is 0 Å². The van der Waals surface area contributed by atoms with Gasteiger partial charge in [-0.15, -0.1) is 0 Å². The number of hydroxylamine groups is 1. The van der Waals surface area contributed by atoms with Crippen LogP contribution in [-0.4, -0.2) is 60.3 Å². The van der Waals surface area contributed by atoms with Gasteiger partial charge in [0.15, 0.2) is 0 Å². The van der Waals surface area contributed by atoms with Gasteiger partial charge in [0.1, 0.15) is 6.04 Å². The van der Waals surface area contributed by atoms with Gasteiger partial charge >= 0.3 is 0 Å². The lowest BCUT2D eigenvalue weighted by Crippen LogP contribution is -2.47. The standard InChI is InChI=1S/C28H28N6O4/c1-29-18-25(28(37)34-38)33-27(36)23-8-4-20(5-9-23)2-3-21-6-10-24(11-7-21)32-26(35)19-31-17-14-22-12-15-30-16-13-22/h4-13,15-16,25,31,38H,1,14,17-19H2,(H,32,35)(H,33,36)(H,34,37)/t25-/m0/s1. The van der Waals surface area contributed by atoms with E-state index in [1.807, 2.05) is 12.1 Å². The van der Waals surface area contributed by atoms with Crippen molar-refractivity contribution in [3.8, 4) is 11.8 Å². The van der Waals surface area contributed by atoms with Crippen molar-refractivity contribution in [2.24, 2.45) is 4.99 Å². The summed E-state index contributed by atoms with van der Waals surface area (Å²) in [5.41, 5.74) is 5.09. The molecule has 194 valence electrons. The van der Waals surface area contributed by atoms with E-state index < -0.39 is 17.9 Å². The number of rotatable bonds is 11. The molecule has 1 atom stereocenters. The molecule has 1 aromatic heterocycles. The summed E-state index contributed by atoms with van der Waals surface area (Å²) in [6.07, 6.45) is 4.31. The molecule has 0 spiro atoms. The maximum atomic E-state index is 12.4. The van der Waals surface area contributed by atoms with E-state index in [-0.39, 0.29) is 19.0 Å². The third-order valence-electron chi connectivity index (χ3n) is 5.34. The van der Waals surface area contributed by atoms with Crippen LogP contribution in [-0.2, 0) is 16.0 Å². The van der Waals surface area contributed by atoms with E-state index in [9.17, 15) is 14.4 Å². The molecule has 0 aliphatic heterocycles. The lowest BCUT2D eigenvalue weighted by atomic mass is 10.1. The Bertz CT molecular complexity index is 1300. The van der Waals surface area contributed by atoms with Crippen molar-refractivity contribution >= 4 is 30.1 Å². The molecule has 0 radical (unpaired) electrons. The molecule has 0 saturated heterocycles. The van der Waals surface area contributed by atoms with Gasteiger partial charge in [0.25, 0.3) is 11.8 Å². The lowest BCUT2D eigenvalue weighted by molar-refractivity contribution is -0.130. The van der Waals surface area contributed by atoms with Crippen LogP contribution in [0.1, 0.15) is 27.0 Å². The van der Waals surface area contributed by atoms with Crippen molar-refractivity contribution in [2.75, 3.05) is 25.0 Å². The van der Waals surface area contributed by atoms with Crippen LogP contribution in [0, 0.1) is 11.8 Å². The fraction of sp³-hybridized carbons (Fsp3) is 0.179. The van der Waals surface area contributed by atoms with Crippen LogP contribution < -0.4 is 21.4 Å². The van der Waals surface area contributed by atoms with Crippen molar-refractivity contribution < 1.29 is 19.6 Å². The fourth-order valence-corrected chi connectivity index (χ4v) is 3.32. The molecule has 5 N–H and O–H groups in total. The highest BCUT2D eigenvalue weighted by Gasteiger charge is 2.20. The Morgan fingerprint density at radius 3 is 2.18 bits per heavy atom. The Balaban J connectivity index is 1.47. The van der Waals surface area contributed by atoms with E-state index in [1.54, 1.807) is 60.9 Å². The summed E-state index contributed by atoms with van der Waals surface area (Å²) >= 11 is 0. The van der Waals surface area contributed by atoms with Gasteiger partial charge in [-0.3, -0.25) is 29.6 Å². The SMILES string of the molecule is C=NC[C@H](NC(=O)c1ccc(C#Cc2ccc(NC(=O)CNCCc3ccncc3)cc2)cc1)C(=O)NO. The number of hydrogen-bond acceptors (Lipinski definition) is 7. The summed E-state index contributed by atoms with van der Waals surface area (Å²) in [4.78, 5) is 43.7. The van der Waals surface area contributed by atoms with Gasteiger partial charge in [0, 0.05) is 34.8 Å². The zero-order valence-electron chi connectivity index (χ0n) is 20.6. The molecule has 38 heavy (non-hydrogen) atoms.